The van der Waals surface area contributed by atoms with E-state index in [9.17, 15) is 14.0 Å². The summed E-state index contributed by atoms with van der Waals surface area (Å²) < 4.78 is 15.1. The zero-order valence-electron chi connectivity index (χ0n) is 17.1. The number of amides is 1. The summed E-state index contributed by atoms with van der Waals surface area (Å²) in [6, 6.07) is 6.37. The van der Waals surface area contributed by atoms with Gasteiger partial charge in [-0.3, -0.25) is 14.2 Å². The number of nitrogens with zero attached hydrogens (tertiary/aromatic N) is 3. The van der Waals surface area contributed by atoms with E-state index in [4.69, 9.17) is 5.11 Å². The van der Waals surface area contributed by atoms with E-state index in [2.05, 4.69) is 15.3 Å². The molecule has 1 amide bonds. The molecule has 0 bridgehead atoms. The van der Waals surface area contributed by atoms with Gasteiger partial charge in [0.1, 0.15) is 17.7 Å². The van der Waals surface area contributed by atoms with Crippen molar-refractivity contribution in [2.24, 2.45) is 5.92 Å². The normalized spacial score (nSPS) is 15.7. The van der Waals surface area contributed by atoms with Gasteiger partial charge in [0.15, 0.2) is 0 Å². The molecule has 7 nitrogen and oxygen atoms in total. The number of aliphatic hydroxyl groups excluding tert-OH is 1. The van der Waals surface area contributed by atoms with Crippen molar-refractivity contribution in [2.45, 2.75) is 51.2 Å². The summed E-state index contributed by atoms with van der Waals surface area (Å²) in [4.78, 5) is 34.8. The van der Waals surface area contributed by atoms with E-state index in [1.165, 1.54) is 35.6 Å². The second kappa shape index (κ2) is 9.34. The molecular weight excluding hydrogens is 399 g/mol. The minimum Gasteiger partial charge on any atom is -0.392 e. The summed E-state index contributed by atoms with van der Waals surface area (Å²) in [6.45, 7) is -0.139. The Bertz CT molecular complexity index is 1120. The molecule has 4 rings (SSSR count). The van der Waals surface area contributed by atoms with E-state index < -0.39 is 17.4 Å². The predicted octanol–water partition coefficient (Wildman–Crippen LogP) is 3.57. The predicted molar refractivity (Wildman–Crippen MR) is 115 cm³/mol. The number of rotatable bonds is 6. The third kappa shape index (κ3) is 4.80. The average Bonchev–Trinajstić information content (AvgIpc) is 2.79. The van der Waals surface area contributed by atoms with Crippen LogP contribution in [-0.4, -0.2) is 25.5 Å². The van der Waals surface area contributed by atoms with E-state index in [1.54, 1.807) is 12.1 Å². The fraction of sp³-hybridized carbons (Fsp3) is 0.391. The molecule has 162 valence electrons. The Morgan fingerprint density at radius 3 is 2.71 bits per heavy atom. The number of aliphatic hydroxyl groups is 1. The molecule has 1 aliphatic carbocycles. The van der Waals surface area contributed by atoms with Crippen molar-refractivity contribution in [3.8, 4) is 0 Å². The number of carbonyl (C=O) groups excluding carboxylic acids is 1. The van der Waals surface area contributed by atoms with Crippen LogP contribution in [0, 0.1) is 11.7 Å². The van der Waals surface area contributed by atoms with Crippen molar-refractivity contribution >= 4 is 22.6 Å². The lowest BCUT2D eigenvalue weighted by Gasteiger charge is -2.27. The van der Waals surface area contributed by atoms with E-state index in [0.29, 0.717) is 29.2 Å². The molecule has 1 aliphatic rings. The maximum absolute atomic E-state index is 13.7. The maximum atomic E-state index is 13.7. The Balaban J connectivity index is 1.68. The number of hydrogen-bond donors (Lipinski definition) is 2. The van der Waals surface area contributed by atoms with Gasteiger partial charge >= 0.3 is 0 Å². The van der Waals surface area contributed by atoms with Crippen LogP contribution in [0.1, 0.15) is 50.1 Å². The molecule has 0 spiro atoms. The zero-order valence-corrected chi connectivity index (χ0v) is 17.1. The van der Waals surface area contributed by atoms with Gasteiger partial charge in [-0.15, -0.1) is 0 Å². The summed E-state index contributed by atoms with van der Waals surface area (Å²) in [7, 11) is 0. The fourth-order valence-corrected chi connectivity index (χ4v) is 4.22. The highest BCUT2D eigenvalue weighted by Crippen LogP contribution is 2.31. The number of nitrogens with one attached hydrogen (secondary N) is 1. The topological polar surface area (TPSA) is 97.1 Å². The average molecular weight is 424 g/mol. The number of carbonyl (C=O) groups is 1. The van der Waals surface area contributed by atoms with Gasteiger partial charge in [-0.1, -0.05) is 38.2 Å². The minimum absolute atomic E-state index is 0.139. The molecule has 3 aromatic rings. The first kappa shape index (κ1) is 21.1. The monoisotopic (exact) mass is 424 g/mol. The third-order valence-electron chi connectivity index (χ3n) is 5.92. The molecular formula is C23H25FN4O3. The van der Waals surface area contributed by atoms with Crippen LogP contribution in [0.3, 0.4) is 0 Å². The Labute approximate surface area is 179 Å². The molecule has 1 saturated carbocycles. The molecule has 1 atom stereocenters. The van der Waals surface area contributed by atoms with Crippen LogP contribution in [-0.2, 0) is 11.4 Å². The van der Waals surface area contributed by atoms with E-state index in [0.717, 1.165) is 31.7 Å². The van der Waals surface area contributed by atoms with Gasteiger partial charge in [0, 0.05) is 6.20 Å². The van der Waals surface area contributed by atoms with Crippen LogP contribution in [0.2, 0.25) is 0 Å². The molecule has 2 N–H and O–H groups in total. The first-order chi connectivity index (χ1) is 15.0. The smallest absolute Gasteiger partial charge is 0.262 e. The summed E-state index contributed by atoms with van der Waals surface area (Å²) >= 11 is 0. The lowest BCUT2D eigenvalue weighted by molar-refractivity contribution is -0.120. The number of pyridine rings is 1. The molecule has 1 unspecified atom stereocenters. The lowest BCUT2D eigenvalue weighted by atomic mass is 9.84. The first-order valence-corrected chi connectivity index (χ1v) is 10.6. The molecule has 2 aromatic heterocycles. The molecule has 2 heterocycles. The van der Waals surface area contributed by atoms with Crippen molar-refractivity contribution in [3.05, 3.63) is 64.6 Å². The fourth-order valence-electron chi connectivity index (χ4n) is 4.22. The van der Waals surface area contributed by atoms with E-state index >= 15 is 0 Å². The Kier molecular flexibility index (Phi) is 6.36. The number of aromatic nitrogens is 3. The number of fused-ring (bicyclic) bond motifs is 1. The molecule has 0 radical (unpaired) electrons. The summed E-state index contributed by atoms with van der Waals surface area (Å²) in [6.07, 6.45) is 8.79. The van der Waals surface area contributed by atoms with Crippen LogP contribution in [0.4, 0.5) is 10.2 Å². The second-order valence-electron chi connectivity index (χ2n) is 8.07. The van der Waals surface area contributed by atoms with E-state index in [-0.39, 0.29) is 17.9 Å². The van der Waals surface area contributed by atoms with Crippen LogP contribution in [0.25, 0.3) is 10.9 Å². The zero-order chi connectivity index (χ0) is 21.8. The SMILES string of the molecule is O=C(Nc1ccc(CO)cn1)C(CC1CCCCC1)n1cnc2ccc(F)cc2c1=O. The molecule has 0 saturated heterocycles. The number of hydrogen-bond acceptors (Lipinski definition) is 5. The van der Waals surface area contributed by atoms with Gasteiger partial charge in [-0.25, -0.2) is 14.4 Å². The minimum atomic E-state index is -0.782. The maximum Gasteiger partial charge on any atom is 0.262 e. The van der Waals surface area contributed by atoms with Gasteiger partial charge < -0.3 is 10.4 Å². The van der Waals surface area contributed by atoms with Gasteiger partial charge in [-0.05, 0) is 42.2 Å². The summed E-state index contributed by atoms with van der Waals surface area (Å²) in [5, 5.41) is 12.1. The van der Waals surface area contributed by atoms with Crippen LogP contribution in [0.5, 0.6) is 0 Å². The van der Waals surface area contributed by atoms with Crippen molar-refractivity contribution in [2.75, 3.05) is 5.32 Å². The second-order valence-corrected chi connectivity index (χ2v) is 8.07. The Morgan fingerprint density at radius 1 is 1.19 bits per heavy atom. The van der Waals surface area contributed by atoms with Crippen LogP contribution >= 0.6 is 0 Å². The highest BCUT2D eigenvalue weighted by atomic mass is 19.1. The third-order valence-corrected chi connectivity index (χ3v) is 5.92. The lowest BCUT2D eigenvalue weighted by Crippen LogP contribution is -2.35. The molecule has 8 heteroatoms. The number of benzene rings is 1. The Hall–Kier alpha value is -3.13. The van der Waals surface area contributed by atoms with Gasteiger partial charge in [0.25, 0.3) is 5.56 Å². The first-order valence-electron chi connectivity index (χ1n) is 10.6. The van der Waals surface area contributed by atoms with Crippen molar-refractivity contribution in [1.29, 1.82) is 0 Å². The molecule has 1 fully saturated rings. The molecule has 1 aromatic carbocycles. The van der Waals surface area contributed by atoms with Crippen LogP contribution < -0.4 is 10.9 Å². The van der Waals surface area contributed by atoms with Crippen LogP contribution in [0.15, 0.2) is 47.7 Å². The quantitative estimate of drug-likeness (QED) is 0.631. The highest BCUT2D eigenvalue weighted by molar-refractivity contribution is 5.93. The van der Waals surface area contributed by atoms with Gasteiger partial charge in [-0.2, -0.15) is 0 Å². The summed E-state index contributed by atoms with van der Waals surface area (Å²) in [5.74, 6) is -0.229. The van der Waals surface area contributed by atoms with Gasteiger partial charge in [0.05, 0.1) is 23.8 Å². The summed E-state index contributed by atoms with van der Waals surface area (Å²) in [5.41, 5.74) is 0.582. The van der Waals surface area contributed by atoms with Crippen molar-refractivity contribution in [3.63, 3.8) is 0 Å². The molecule has 31 heavy (non-hydrogen) atoms. The van der Waals surface area contributed by atoms with Gasteiger partial charge in [0.2, 0.25) is 5.91 Å². The highest BCUT2D eigenvalue weighted by Gasteiger charge is 2.27. The standard InChI is InChI=1S/C23H25FN4O3/c24-17-7-8-19-18(11-17)23(31)28(14-26-19)20(10-15-4-2-1-3-5-15)22(30)27-21-9-6-16(13-29)12-25-21/h6-9,11-12,14-15,20,29H,1-5,10,13H2,(H,25,27,30). The van der Waals surface area contributed by atoms with Crippen molar-refractivity contribution in [1.82, 2.24) is 14.5 Å². The van der Waals surface area contributed by atoms with Crippen molar-refractivity contribution < 1.29 is 14.3 Å². The molecule has 0 aliphatic heterocycles. The largest absolute Gasteiger partial charge is 0.392 e. The number of halogens is 1. The van der Waals surface area contributed by atoms with E-state index in [1.807, 2.05) is 0 Å². The number of anilines is 1. The Morgan fingerprint density at radius 2 is 2.00 bits per heavy atom.